The monoisotopic (exact) mass is 448 g/mol. The van der Waals surface area contributed by atoms with Gasteiger partial charge < -0.3 is 20.0 Å². The molecule has 6 nitrogen and oxygen atoms in total. The van der Waals surface area contributed by atoms with Crippen LogP contribution in [-0.4, -0.2) is 61.0 Å². The van der Waals surface area contributed by atoms with Crippen molar-refractivity contribution >= 4 is 23.3 Å². The van der Waals surface area contributed by atoms with E-state index in [4.69, 9.17) is 0 Å². The maximum atomic E-state index is 12.8. The quantitative estimate of drug-likeness (QED) is 0.723. The Balaban J connectivity index is 1.20. The standard InChI is InChI=1S/C27H36N4O2/c1-21-5-10-24(11-6-21)28-27(33)31-15-3-4-23(20-31)9-14-26(32)30-18-16-29(17-19-30)25-12-7-22(2)8-13-25/h5-8,10-13,23H,3-4,9,14-20H2,1-2H3,(H,28,33)/t23-/m0/s1. The number of piperidine rings is 1. The van der Waals surface area contributed by atoms with Crippen LogP contribution in [0, 0.1) is 19.8 Å². The summed E-state index contributed by atoms with van der Waals surface area (Å²) >= 11 is 0. The summed E-state index contributed by atoms with van der Waals surface area (Å²) in [6, 6.07) is 16.4. The van der Waals surface area contributed by atoms with Crippen LogP contribution in [0.1, 0.15) is 36.8 Å². The smallest absolute Gasteiger partial charge is 0.321 e. The molecule has 0 radical (unpaired) electrons. The predicted octanol–water partition coefficient (Wildman–Crippen LogP) is 4.68. The minimum absolute atomic E-state index is 0.0397. The summed E-state index contributed by atoms with van der Waals surface area (Å²) in [5.41, 5.74) is 4.50. The molecule has 176 valence electrons. The third-order valence-corrected chi connectivity index (χ3v) is 6.91. The average Bonchev–Trinajstić information content (AvgIpc) is 2.85. The summed E-state index contributed by atoms with van der Waals surface area (Å²) in [5, 5.41) is 3.00. The van der Waals surface area contributed by atoms with Crippen LogP contribution in [0.3, 0.4) is 0 Å². The van der Waals surface area contributed by atoms with Crippen LogP contribution in [0.4, 0.5) is 16.2 Å². The van der Waals surface area contributed by atoms with Crippen LogP contribution in [0.5, 0.6) is 0 Å². The fraction of sp³-hybridized carbons (Fsp3) is 0.481. The number of amides is 3. The van der Waals surface area contributed by atoms with Crippen LogP contribution in [0.15, 0.2) is 48.5 Å². The summed E-state index contributed by atoms with van der Waals surface area (Å²) in [4.78, 5) is 31.8. The summed E-state index contributed by atoms with van der Waals surface area (Å²) in [7, 11) is 0. The maximum Gasteiger partial charge on any atom is 0.321 e. The number of nitrogens with zero attached hydrogens (tertiary/aromatic N) is 3. The zero-order valence-electron chi connectivity index (χ0n) is 19.9. The van der Waals surface area contributed by atoms with E-state index in [9.17, 15) is 9.59 Å². The number of piperazine rings is 1. The van der Waals surface area contributed by atoms with E-state index < -0.39 is 0 Å². The molecule has 2 aliphatic rings. The highest BCUT2D eigenvalue weighted by atomic mass is 16.2. The number of urea groups is 1. The average molecular weight is 449 g/mol. The molecule has 0 spiro atoms. The number of aryl methyl sites for hydroxylation is 2. The predicted molar refractivity (Wildman–Crippen MR) is 134 cm³/mol. The van der Waals surface area contributed by atoms with E-state index in [-0.39, 0.29) is 11.9 Å². The first kappa shape index (κ1) is 23.1. The molecule has 33 heavy (non-hydrogen) atoms. The van der Waals surface area contributed by atoms with Gasteiger partial charge in [-0.2, -0.15) is 0 Å². The molecule has 2 aromatic carbocycles. The molecule has 0 bridgehead atoms. The van der Waals surface area contributed by atoms with Crippen molar-refractivity contribution in [3.8, 4) is 0 Å². The molecule has 0 aliphatic carbocycles. The highest BCUT2D eigenvalue weighted by Gasteiger charge is 2.26. The Hall–Kier alpha value is -3.02. The van der Waals surface area contributed by atoms with Crippen LogP contribution >= 0.6 is 0 Å². The molecule has 2 aliphatic heterocycles. The Labute approximate surface area is 197 Å². The molecule has 6 heteroatoms. The first-order valence-corrected chi connectivity index (χ1v) is 12.2. The van der Waals surface area contributed by atoms with Crippen molar-refractivity contribution in [1.29, 1.82) is 0 Å². The topological polar surface area (TPSA) is 55.9 Å². The Morgan fingerprint density at radius 2 is 1.48 bits per heavy atom. The Bertz CT molecular complexity index is 934. The first-order valence-electron chi connectivity index (χ1n) is 12.2. The molecule has 1 atom stereocenters. The van der Waals surface area contributed by atoms with Crippen LogP contribution in [-0.2, 0) is 4.79 Å². The maximum absolute atomic E-state index is 12.8. The van der Waals surface area contributed by atoms with Gasteiger partial charge in [0.25, 0.3) is 0 Å². The second-order valence-electron chi connectivity index (χ2n) is 9.49. The molecular formula is C27H36N4O2. The summed E-state index contributed by atoms with van der Waals surface area (Å²) in [6.45, 7) is 8.96. The van der Waals surface area contributed by atoms with Gasteiger partial charge in [-0.3, -0.25) is 4.79 Å². The molecule has 3 amide bonds. The molecule has 0 saturated carbocycles. The number of nitrogens with one attached hydrogen (secondary N) is 1. The number of likely N-dealkylation sites (tertiary alicyclic amines) is 1. The molecule has 2 fully saturated rings. The SMILES string of the molecule is Cc1ccc(NC(=O)N2CCC[C@@H](CCC(=O)N3CCN(c4ccc(C)cc4)CC3)C2)cc1. The molecule has 4 rings (SSSR count). The Morgan fingerprint density at radius 1 is 0.848 bits per heavy atom. The summed E-state index contributed by atoms with van der Waals surface area (Å²) in [6.07, 6.45) is 3.51. The van der Waals surface area contributed by atoms with E-state index in [2.05, 4.69) is 41.4 Å². The normalized spacial score (nSPS) is 18.8. The number of carbonyl (C=O) groups is 2. The largest absolute Gasteiger partial charge is 0.368 e. The third kappa shape index (κ3) is 6.28. The second kappa shape index (κ2) is 10.7. The summed E-state index contributed by atoms with van der Waals surface area (Å²) in [5.74, 6) is 0.639. The molecule has 2 heterocycles. The first-order chi connectivity index (χ1) is 16.0. The van der Waals surface area contributed by atoms with E-state index in [0.29, 0.717) is 12.3 Å². The van der Waals surface area contributed by atoms with E-state index in [1.54, 1.807) is 0 Å². The van der Waals surface area contributed by atoms with Crippen molar-refractivity contribution in [1.82, 2.24) is 9.80 Å². The lowest BCUT2D eigenvalue weighted by Crippen LogP contribution is -2.49. The van der Waals surface area contributed by atoms with Crippen molar-refractivity contribution in [3.63, 3.8) is 0 Å². The molecule has 2 saturated heterocycles. The van der Waals surface area contributed by atoms with Gasteiger partial charge in [0.2, 0.25) is 5.91 Å². The fourth-order valence-corrected chi connectivity index (χ4v) is 4.78. The van der Waals surface area contributed by atoms with Gasteiger partial charge in [-0.25, -0.2) is 4.79 Å². The zero-order chi connectivity index (χ0) is 23.2. The van der Waals surface area contributed by atoms with Crippen LogP contribution in [0.2, 0.25) is 0 Å². The van der Waals surface area contributed by atoms with Crippen LogP contribution in [0.25, 0.3) is 0 Å². The van der Waals surface area contributed by atoms with Gasteiger partial charge >= 0.3 is 6.03 Å². The number of hydrogen-bond donors (Lipinski definition) is 1. The van der Waals surface area contributed by atoms with Crippen molar-refractivity contribution in [2.24, 2.45) is 5.92 Å². The molecular weight excluding hydrogens is 412 g/mol. The van der Waals surface area contributed by atoms with Crippen LogP contribution < -0.4 is 10.2 Å². The summed E-state index contributed by atoms with van der Waals surface area (Å²) < 4.78 is 0. The highest BCUT2D eigenvalue weighted by molar-refractivity contribution is 5.89. The van der Waals surface area contributed by atoms with Gasteiger partial charge in [-0.05, 0) is 63.3 Å². The van der Waals surface area contributed by atoms with Gasteiger partial charge in [0.05, 0.1) is 0 Å². The Kier molecular flexibility index (Phi) is 7.53. The third-order valence-electron chi connectivity index (χ3n) is 6.91. The van der Waals surface area contributed by atoms with Gasteiger partial charge in [-0.15, -0.1) is 0 Å². The van der Waals surface area contributed by atoms with Gasteiger partial charge in [0, 0.05) is 57.1 Å². The molecule has 2 aromatic rings. The Morgan fingerprint density at radius 3 is 2.15 bits per heavy atom. The van der Waals surface area contributed by atoms with E-state index in [1.807, 2.05) is 41.0 Å². The lowest BCUT2D eigenvalue weighted by atomic mass is 9.93. The number of benzene rings is 2. The van der Waals surface area contributed by atoms with E-state index in [1.165, 1.54) is 16.8 Å². The number of hydrogen-bond acceptors (Lipinski definition) is 3. The lowest BCUT2D eigenvalue weighted by molar-refractivity contribution is -0.131. The van der Waals surface area contributed by atoms with Crippen molar-refractivity contribution in [3.05, 3.63) is 59.7 Å². The van der Waals surface area contributed by atoms with E-state index in [0.717, 1.165) is 64.2 Å². The minimum Gasteiger partial charge on any atom is -0.368 e. The van der Waals surface area contributed by atoms with E-state index >= 15 is 0 Å². The van der Waals surface area contributed by atoms with Crippen molar-refractivity contribution in [2.75, 3.05) is 49.5 Å². The molecule has 1 N–H and O–H groups in total. The van der Waals surface area contributed by atoms with Crippen molar-refractivity contribution in [2.45, 2.75) is 39.5 Å². The highest BCUT2D eigenvalue weighted by Crippen LogP contribution is 2.23. The number of carbonyl (C=O) groups excluding carboxylic acids is 2. The fourth-order valence-electron chi connectivity index (χ4n) is 4.78. The minimum atomic E-state index is -0.0397. The van der Waals surface area contributed by atoms with Gasteiger partial charge in [-0.1, -0.05) is 35.4 Å². The second-order valence-corrected chi connectivity index (χ2v) is 9.49. The zero-order valence-corrected chi connectivity index (χ0v) is 19.9. The molecule has 0 unspecified atom stereocenters. The lowest BCUT2D eigenvalue weighted by Gasteiger charge is -2.37. The van der Waals surface area contributed by atoms with Crippen molar-refractivity contribution < 1.29 is 9.59 Å². The molecule has 0 aromatic heterocycles. The number of anilines is 2. The van der Waals surface area contributed by atoms with Gasteiger partial charge in [0.1, 0.15) is 0 Å². The number of rotatable bonds is 5. The van der Waals surface area contributed by atoms with Gasteiger partial charge in [0.15, 0.2) is 0 Å².